The first-order chi connectivity index (χ1) is 12.5. The Hall–Kier alpha value is -2.12. The summed E-state index contributed by atoms with van der Waals surface area (Å²) >= 11 is 1.81. The van der Waals surface area contributed by atoms with Gasteiger partial charge in [0, 0.05) is 43.2 Å². The second kappa shape index (κ2) is 5.44. The van der Waals surface area contributed by atoms with Gasteiger partial charge in [0.15, 0.2) is 0 Å². The molecule has 7 heteroatoms. The summed E-state index contributed by atoms with van der Waals surface area (Å²) in [6, 6.07) is 7.72. The van der Waals surface area contributed by atoms with Gasteiger partial charge in [-0.2, -0.15) is 0 Å². The van der Waals surface area contributed by atoms with E-state index in [0.29, 0.717) is 0 Å². The van der Waals surface area contributed by atoms with Crippen LogP contribution in [0.1, 0.15) is 23.3 Å². The summed E-state index contributed by atoms with van der Waals surface area (Å²) in [7, 11) is 1.59. The van der Waals surface area contributed by atoms with Crippen LogP contribution < -0.4 is 0 Å². The van der Waals surface area contributed by atoms with Gasteiger partial charge in [-0.15, -0.1) is 11.8 Å². The van der Waals surface area contributed by atoms with Gasteiger partial charge < -0.3 is 0 Å². The van der Waals surface area contributed by atoms with Crippen molar-refractivity contribution in [3.8, 4) is 0 Å². The largest absolute Gasteiger partial charge is 0.287 e. The van der Waals surface area contributed by atoms with Gasteiger partial charge in [-0.25, -0.2) is 0 Å². The number of nitrogens with zero attached hydrogens (tertiary/aromatic N) is 3. The highest BCUT2D eigenvalue weighted by Gasteiger charge is 2.62. The maximum atomic E-state index is 12.9. The third kappa shape index (κ3) is 1.90. The number of hydrogen-bond acceptors (Lipinski definition) is 5. The zero-order valence-corrected chi connectivity index (χ0v) is 15.4. The zero-order valence-electron chi connectivity index (χ0n) is 14.6. The molecule has 2 aromatic rings. The van der Waals surface area contributed by atoms with Gasteiger partial charge in [-0.05, 0) is 11.6 Å². The molecule has 0 aliphatic carbocycles. The number of amides is 2. The number of fused-ring (bicyclic) bond motifs is 4. The molecule has 5 rings (SSSR count). The standard InChI is InChI=1S/C19H19N3O3S/c1-10(23)21-7-12(11-5-3-4-6-13(11)21)17-16-15(14-8-26-9-22(14)17)18(24)20(2)19(16)25/h3-7,14-17H,8-9H2,1-2H3/t14-,15-,16+,17+/m0/s1. The van der Waals surface area contributed by atoms with Crippen molar-refractivity contribution in [2.24, 2.45) is 11.8 Å². The Morgan fingerprint density at radius 2 is 1.88 bits per heavy atom. The van der Waals surface area contributed by atoms with E-state index in [1.54, 1.807) is 30.3 Å². The minimum atomic E-state index is -0.357. The maximum Gasteiger partial charge on any atom is 0.234 e. The summed E-state index contributed by atoms with van der Waals surface area (Å²) < 4.78 is 1.65. The van der Waals surface area contributed by atoms with E-state index < -0.39 is 0 Å². The number of aromatic nitrogens is 1. The first kappa shape index (κ1) is 16.1. The number of likely N-dealkylation sites (tertiary alicyclic amines) is 1. The molecule has 0 N–H and O–H groups in total. The molecule has 0 unspecified atom stereocenters. The molecule has 3 saturated heterocycles. The molecule has 1 aromatic heterocycles. The van der Waals surface area contributed by atoms with Gasteiger partial charge in [0.1, 0.15) is 0 Å². The third-order valence-corrected chi connectivity index (χ3v) is 7.14. The summed E-state index contributed by atoms with van der Waals surface area (Å²) in [5.41, 5.74) is 1.83. The van der Waals surface area contributed by atoms with Gasteiger partial charge >= 0.3 is 0 Å². The second-order valence-electron chi connectivity index (χ2n) is 7.30. The summed E-state index contributed by atoms with van der Waals surface area (Å²) in [6.45, 7) is 1.54. The molecule has 6 nitrogen and oxygen atoms in total. The van der Waals surface area contributed by atoms with Crippen LogP contribution in [-0.2, 0) is 9.59 Å². The number of benzene rings is 1. The molecule has 0 saturated carbocycles. The summed E-state index contributed by atoms with van der Waals surface area (Å²) in [5.74, 6) is 0.846. The summed E-state index contributed by atoms with van der Waals surface area (Å²) in [4.78, 5) is 41.3. The topological polar surface area (TPSA) is 62.6 Å². The molecule has 3 aliphatic heterocycles. The molecule has 26 heavy (non-hydrogen) atoms. The van der Waals surface area contributed by atoms with E-state index in [4.69, 9.17) is 0 Å². The lowest BCUT2D eigenvalue weighted by Crippen LogP contribution is -2.38. The zero-order chi connectivity index (χ0) is 18.2. The average Bonchev–Trinajstić information content (AvgIpc) is 3.34. The minimum Gasteiger partial charge on any atom is -0.287 e. The third-order valence-electron chi connectivity index (χ3n) is 6.09. The Labute approximate surface area is 155 Å². The fraction of sp³-hybridized carbons (Fsp3) is 0.421. The molecule has 1 aromatic carbocycles. The predicted molar refractivity (Wildman–Crippen MR) is 98.7 cm³/mol. The Kier molecular flexibility index (Phi) is 3.36. The molecule has 0 bridgehead atoms. The van der Waals surface area contributed by atoms with Crippen LogP contribution in [0, 0.1) is 11.8 Å². The lowest BCUT2D eigenvalue weighted by Gasteiger charge is -2.26. The maximum absolute atomic E-state index is 12.9. The van der Waals surface area contributed by atoms with E-state index in [2.05, 4.69) is 4.90 Å². The van der Waals surface area contributed by atoms with E-state index >= 15 is 0 Å². The van der Waals surface area contributed by atoms with Crippen LogP contribution in [0.2, 0.25) is 0 Å². The molecule has 3 fully saturated rings. The van der Waals surface area contributed by atoms with Crippen molar-refractivity contribution in [3.63, 3.8) is 0 Å². The Bertz CT molecular complexity index is 968. The summed E-state index contributed by atoms with van der Waals surface area (Å²) in [6.07, 6.45) is 1.87. The highest BCUT2D eigenvalue weighted by molar-refractivity contribution is 7.99. The summed E-state index contributed by atoms with van der Waals surface area (Å²) in [5, 5.41) is 0.985. The van der Waals surface area contributed by atoms with Gasteiger partial charge in [-0.3, -0.25) is 28.8 Å². The van der Waals surface area contributed by atoms with E-state index in [-0.39, 0.29) is 41.6 Å². The van der Waals surface area contributed by atoms with Crippen molar-refractivity contribution in [3.05, 3.63) is 36.0 Å². The Morgan fingerprint density at radius 1 is 1.15 bits per heavy atom. The molecule has 3 aliphatic rings. The first-order valence-electron chi connectivity index (χ1n) is 8.76. The molecule has 4 heterocycles. The predicted octanol–water partition coefficient (Wildman–Crippen LogP) is 1.96. The molecular weight excluding hydrogens is 350 g/mol. The number of thioether (sulfide) groups is 1. The molecule has 134 valence electrons. The van der Waals surface area contributed by atoms with Crippen LogP contribution in [0.25, 0.3) is 10.9 Å². The van der Waals surface area contributed by atoms with E-state index in [1.165, 1.54) is 4.90 Å². The highest BCUT2D eigenvalue weighted by atomic mass is 32.2. The fourth-order valence-electron chi connectivity index (χ4n) is 4.95. The van der Waals surface area contributed by atoms with Gasteiger partial charge in [-0.1, -0.05) is 18.2 Å². The Balaban J connectivity index is 1.72. The number of para-hydroxylation sites is 1. The van der Waals surface area contributed by atoms with E-state index in [0.717, 1.165) is 28.1 Å². The normalized spacial score (nSPS) is 31.1. The fourth-order valence-corrected chi connectivity index (χ4v) is 6.25. The molecular formula is C19H19N3O3S. The van der Waals surface area contributed by atoms with Crippen LogP contribution in [0.3, 0.4) is 0 Å². The minimum absolute atomic E-state index is 0.0553. The van der Waals surface area contributed by atoms with Crippen LogP contribution in [-0.4, -0.2) is 56.8 Å². The number of rotatable bonds is 1. The van der Waals surface area contributed by atoms with Crippen LogP contribution in [0.15, 0.2) is 30.5 Å². The molecule has 4 atom stereocenters. The van der Waals surface area contributed by atoms with Crippen molar-refractivity contribution < 1.29 is 14.4 Å². The van der Waals surface area contributed by atoms with Crippen LogP contribution >= 0.6 is 11.8 Å². The smallest absolute Gasteiger partial charge is 0.234 e. The van der Waals surface area contributed by atoms with Crippen molar-refractivity contribution in [1.82, 2.24) is 14.4 Å². The van der Waals surface area contributed by atoms with Gasteiger partial charge in [0.05, 0.1) is 23.4 Å². The van der Waals surface area contributed by atoms with E-state index in [9.17, 15) is 14.4 Å². The van der Waals surface area contributed by atoms with Crippen molar-refractivity contribution in [2.45, 2.75) is 19.0 Å². The van der Waals surface area contributed by atoms with Crippen molar-refractivity contribution in [1.29, 1.82) is 0 Å². The van der Waals surface area contributed by atoms with Crippen molar-refractivity contribution in [2.75, 3.05) is 18.7 Å². The van der Waals surface area contributed by atoms with Crippen LogP contribution in [0.5, 0.6) is 0 Å². The SMILES string of the molecule is CC(=O)n1cc([C@@H]2[C@@H]3C(=O)N(C)C(=O)[C@H]3[C@@H]3CSCN23)c2ccccc21. The number of hydrogen-bond donors (Lipinski definition) is 0. The molecule has 2 amide bonds. The lowest BCUT2D eigenvalue weighted by molar-refractivity contribution is -0.139. The number of imide groups is 1. The highest BCUT2D eigenvalue weighted by Crippen LogP contribution is 2.54. The van der Waals surface area contributed by atoms with E-state index in [1.807, 2.05) is 30.5 Å². The number of carbonyl (C=O) groups excluding carboxylic acids is 3. The average molecular weight is 369 g/mol. The van der Waals surface area contributed by atoms with Crippen LogP contribution in [0.4, 0.5) is 0 Å². The quantitative estimate of drug-likeness (QED) is 0.719. The molecule has 0 spiro atoms. The number of carbonyl (C=O) groups is 3. The van der Waals surface area contributed by atoms with Crippen molar-refractivity contribution >= 4 is 40.4 Å². The lowest BCUT2D eigenvalue weighted by atomic mass is 9.86. The first-order valence-corrected chi connectivity index (χ1v) is 9.92. The molecule has 0 radical (unpaired) electrons. The van der Waals surface area contributed by atoms with Gasteiger partial charge in [0.25, 0.3) is 0 Å². The van der Waals surface area contributed by atoms with Gasteiger partial charge in [0.2, 0.25) is 17.7 Å². The monoisotopic (exact) mass is 369 g/mol. The second-order valence-corrected chi connectivity index (χ2v) is 8.30. The Morgan fingerprint density at radius 3 is 2.65 bits per heavy atom.